The van der Waals surface area contributed by atoms with E-state index in [0.29, 0.717) is 25.4 Å². The van der Waals surface area contributed by atoms with E-state index in [1.165, 1.54) is 0 Å². The Hall–Kier alpha value is -2.59. The van der Waals surface area contributed by atoms with Crippen LogP contribution >= 0.6 is 0 Å². The number of aromatic nitrogens is 1. The second-order valence-electron chi connectivity index (χ2n) is 5.79. The number of hydrogen-bond donors (Lipinski definition) is 1. The van der Waals surface area contributed by atoms with Gasteiger partial charge in [-0.25, -0.2) is 0 Å². The summed E-state index contributed by atoms with van der Waals surface area (Å²) >= 11 is 0. The highest BCUT2D eigenvalue weighted by atomic mass is 16.5. The molecule has 0 bridgehead atoms. The van der Waals surface area contributed by atoms with Crippen LogP contribution in [0.4, 0.5) is 0 Å². The molecule has 0 aliphatic carbocycles. The molecule has 4 nitrogen and oxygen atoms in total. The van der Waals surface area contributed by atoms with Crippen LogP contribution in [0.25, 0.3) is 10.9 Å². The minimum Gasteiger partial charge on any atom is -0.370 e. The van der Waals surface area contributed by atoms with E-state index in [4.69, 9.17) is 4.74 Å². The number of carbonyl (C=O) groups is 1. The van der Waals surface area contributed by atoms with Gasteiger partial charge in [-0.2, -0.15) is 0 Å². The van der Waals surface area contributed by atoms with Gasteiger partial charge in [0.15, 0.2) is 0 Å². The summed E-state index contributed by atoms with van der Waals surface area (Å²) in [5, 5.41) is 1.06. The summed E-state index contributed by atoms with van der Waals surface area (Å²) in [4.78, 5) is 17.9. The first-order valence-corrected chi connectivity index (χ1v) is 7.85. The Labute approximate surface area is 134 Å². The maximum Gasteiger partial charge on any atom is 0.270 e. The Balaban J connectivity index is 1.56. The number of aromatic amines is 1. The molecule has 2 aromatic carbocycles. The molecule has 1 aromatic heterocycles. The van der Waals surface area contributed by atoms with Crippen LogP contribution in [0.5, 0.6) is 0 Å². The summed E-state index contributed by atoms with van der Waals surface area (Å²) in [5.74, 6) is 0.0328. The van der Waals surface area contributed by atoms with Crippen molar-refractivity contribution in [2.45, 2.75) is 6.10 Å². The van der Waals surface area contributed by atoms with Crippen molar-refractivity contribution in [2.75, 3.05) is 19.7 Å². The smallest absolute Gasteiger partial charge is 0.270 e. The fourth-order valence-corrected chi connectivity index (χ4v) is 3.06. The average Bonchev–Trinajstić information content (AvgIpc) is 3.06. The zero-order chi connectivity index (χ0) is 15.6. The lowest BCUT2D eigenvalue weighted by Gasteiger charge is -2.33. The van der Waals surface area contributed by atoms with Crippen molar-refractivity contribution in [3.8, 4) is 0 Å². The van der Waals surface area contributed by atoms with E-state index in [1.807, 2.05) is 65.6 Å². The molecule has 3 aromatic rings. The third-order valence-corrected chi connectivity index (χ3v) is 4.29. The second-order valence-corrected chi connectivity index (χ2v) is 5.79. The number of hydrogen-bond acceptors (Lipinski definition) is 2. The molecule has 1 atom stereocenters. The van der Waals surface area contributed by atoms with Crippen molar-refractivity contribution in [3.05, 3.63) is 71.9 Å². The molecule has 1 fully saturated rings. The third-order valence-electron chi connectivity index (χ3n) is 4.29. The number of amides is 1. The lowest BCUT2D eigenvalue weighted by Crippen LogP contribution is -2.42. The van der Waals surface area contributed by atoms with Crippen LogP contribution in [-0.4, -0.2) is 35.5 Å². The Kier molecular flexibility index (Phi) is 3.60. The monoisotopic (exact) mass is 306 g/mol. The van der Waals surface area contributed by atoms with Crippen LogP contribution in [0.1, 0.15) is 22.2 Å². The molecule has 2 heterocycles. The molecule has 0 spiro atoms. The van der Waals surface area contributed by atoms with Gasteiger partial charge >= 0.3 is 0 Å². The normalized spacial score (nSPS) is 18.3. The van der Waals surface area contributed by atoms with Crippen LogP contribution in [0.2, 0.25) is 0 Å². The van der Waals surface area contributed by atoms with Gasteiger partial charge in [-0.05, 0) is 17.7 Å². The van der Waals surface area contributed by atoms with Gasteiger partial charge < -0.3 is 14.6 Å². The van der Waals surface area contributed by atoms with Crippen LogP contribution in [0.15, 0.2) is 60.7 Å². The number of ether oxygens (including phenoxy) is 1. The molecular formula is C19H18N2O2. The highest BCUT2D eigenvalue weighted by Gasteiger charge is 2.26. The Morgan fingerprint density at radius 3 is 2.70 bits per heavy atom. The first-order valence-electron chi connectivity index (χ1n) is 7.85. The molecule has 4 rings (SSSR count). The number of nitrogens with zero attached hydrogens (tertiary/aromatic N) is 1. The molecule has 1 aliphatic heterocycles. The summed E-state index contributed by atoms with van der Waals surface area (Å²) in [7, 11) is 0. The van der Waals surface area contributed by atoms with Crippen LogP contribution in [0, 0.1) is 0 Å². The van der Waals surface area contributed by atoms with Crippen molar-refractivity contribution in [3.63, 3.8) is 0 Å². The zero-order valence-electron chi connectivity index (χ0n) is 12.7. The largest absolute Gasteiger partial charge is 0.370 e. The molecule has 4 heteroatoms. The van der Waals surface area contributed by atoms with Gasteiger partial charge in [-0.15, -0.1) is 0 Å². The molecular weight excluding hydrogens is 288 g/mol. The van der Waals surface area contributed by atoms with Gasteiger partial charge in [-0.1, -0.05) is 48.5 Å². The van der Waals surface area contributed by atoms with E-state index >= 15 is 0 Å². The maximum atomic E-state index is 12.8. The first kappa shape index (κ1) is 14.0. The molecule has 0 radical (unpaired) electrons. The molecule has 1 amide bonds. The maximum absolute atomic E-state index is 12.8. The predicted molar refractivity (Wildman–Crippen MR) is 89.3 cm³/mol. The quantitative estimate of drug-likeness (QED) is 0.789. The summed E-state index contributed by atoms with van der Waals surface area (Å²) in [6, 6.07) is 19.9. The van der Waals surface area contributed by atoms with Gasteiger partial charge in [0, 0.05) is 17.4 Å². The number of fused-ring (bicyclic) bond motifs is 1. The lowest BCUT2D eigenvalue weighted by molar-refractivity contribution is -0.0229. The van der Waals surface area contributed by atoms with Crippen molar-refractivity contribution in [2.24, 2.45) is 0 Å². The number of para-hydroxylation sites is 1. The van der Waals surface area contributed by atoms with Crippen molar-refractivity contribution >= 4 is 16.8 Å². The Morgan fingerprint density at radius 2 is 1.87 bits per heavy atom. The molecule has 1 aliphatic rings. The number of rotatable bonds is 2. The van der Waals surface area contributed by atoms with Crippen molar-refractivity contribution < 1.29 is 9.53 Å². The van der Waals surface area contributed by atoms with E-state index in [2.05, 4.69) is 4.98 Å². The Morgan fingerprint density at radius 1 is 1.09 bits per heavy atom. The first-order chi connectivity index (χ1) is 11.3. The minimum absolute atomic E-state index is 0.0328. The van der Waals surface area contributed by atoms with Gasteiger partial charge in [0.05, 0.1) is 13.2 Å². The molecule has 0 saturated carbocycles. The fourth-order valence-electron chi connectivity index (χ4n) is 3.06. The van der Waals surface area contributed by atoms with Crippen molar-refractivity contribution in [1.82, 2.24) is 9.88 Å². The highest BCUT2D eigenvalue weighted by Crippen LogP contribution is 2.24. The number of benzene rings is 2. The van der Waals surface area contributed by atoms with Gasteiger partial charge in [0.1, 0.15) is 11.8 Å². The number of carbonyl (C=O) groups excluding carboxylic acids is 1. The molecule has 1 saturated heterocycles. The molecule has 1 N–H and O–H groups in total. The summed E-state index contributed by atoms with van der Waals surface area (Å²) in [6.07, 6.45) is -0.0571. The van der Waals surface area contributed by atoms with E-state index < -0.39 is 0 Å². The molecule has 23 heavy (non-hydrogen) atoms. The van der Waals surface area contributed by atoms with Gasteiger partial charge in [0.25, 0.3) is 5.91 Å². The number of nitrogens with one attached hydrogen (secondary N) is 1. The standard InChI is InChI=1S/C19H18N2O2/c22-19(17-12-15-8-4-5-9-16(15)20-17)21-10-11-23-18(13-21)14-6-2-1-3-7-14/h1-9,12,18,20H,10-11,13H2/t18-/m1/s1. The van der Waals surface area contributed by atoms with E-state index in [-0.39, 0.29) is 12.0 Å². The summed E-state index contributed by atoms with van der Waals surface area (Å²) in [6.45, 7) is 1.77. The van der Waals surface area contributed by atoms with E-state index in [9.17, 15) is 4.79 Å². The SMILES string of the molecule is O=C(c1cc2ccccc2[nH]1)N1CCO[C@@H](c2ccccc2)C1. The van der Waals surface area contributed by atoms with E-state index in [0.717, 1.165) is 16.5 Å². The summed E-state index contributed by atoms with van der Waals surface area (Å²) in [5.41, 5.74) is 2.74. The van der Waals surface area contributed by atoms with Crippen LogP contribution < -0.4 is 0 Å². The van der Waals surface area contributed by atoms with Crippen LogP contribution in [-0.2, 0) is 4.74 Å². The fraction of sp³-hybridized carbons (Fsp3) is 0.211. The zero-order valence-corrected chi connectivity index (χ0v) is 12.7. The number of H-pyrrole nitrogens is 1. The van der Waals surface area contributed by atoms with Gasteiger partial charge in [-0.3, -0.25) is 4.79 Å². The average molecular weight is 306 g/mol. The van der Waals surface area contributed by atoms with Crippen molar-refractivity contribution in [1.29, 1.82) is 0 Å². The Bertz CT molecular complexity index is 793. The predicted octanol–water partition coefficient (Wildman–Crippen LogP) is 3.38. The third kappa shape index (κ3) is 2.73. The number of morpholine rings is 1. The molecule has 116 valence electrons. The van der Waals surface area contributed by atoms with Gasteiger partial charge in [0.2, 0.25) is 0 Å². The topological polar surface area (TPSA) is 45.3 Å². The highest BCUT2D eigenvalue weighted by molar-refractivity contribution is 5.98. The molecule has 0 unspecified atom stereocenters. The summed E-state index contributed by atoms with van der Waals surface area (Å²) < 4.78 is 5.84. The minimum atomic E-state index is -0.0571. The second kappa shape index (κ2) is 5.89. The van der Waals surface area contributed by atoms with E-state index in [1.54, 1.807) is 0 Å². The lowest BCUT2D eigenvalue weighted by atomic mass is 10.1. The van der Waals surface area contributed by atoms with Crippen LogP contribution in [0.3, 0.4) is 0 Å².